The number of thiocarbonyl (C=S) groups is 1. The summed E-state index contributed by atoms with van der Waals surface area (Å²) >= 11 is 5.03. The van der Waals surface area contributed by atoms with Crippen molar-refractivity contribution in [1.29, 1.82) is 0 Å². The van der Waals surface area contributed by atoms with E-state index in [1.165, 1.54) is 23.9 Å². The van der Waals surface area contributed by atoms with Crippen molar-refractivity contribution in [2.24, 2.45) is 5.73 Å². The van der Waals surface area contributed by atoms with Crippen LogP contribution in [0.3, 0.4) is 0 Å². The minimum atomic E-state index is 0.589. The van der Waals surface area contributed by atoms with E-state index in [1.54, 1.807) is 0 Å². The zero-order valence-corrected chi connectivity index (χ0v) is 12.5. The lowest BCUT2D eigenvalue weighted by molar-refractivity contribution is 0.804. The highest BCUT2D eigenvalue weighted by molar-refractivity contribution is 7.80. The van der Waals surface area contributed by atoms with Crippen molar-refractivity contribution >= 4 is 33.8 Å². The van der Waals surface area contributed by atoms with E-state index in [2.05, 4.69) is 41.1 Å². The average Bonchev–Trinajstić information content (AvgIpc) is 3.23. The third kappa shape index (κ3) is 2.75. The highest BCUT2D eigenvalue weighted by atomic mass is 32.1. The topological polar surface area (TPSA) is 42.1 Å². The first-order valence-corrected chi connectivity index (χ1v) is 7.47. The molecule has 20 heavy (non-hydrogen) atoms. The highest BCUT2D eigenvalue weighted by Crippen LogP contribution is 2.35. The van der Waals surface area contributed by atoms with Crippen LogP contribution in [0.1, 0.15) is 25.0 Å². The smallest absolute Gasteiger partial charge is 0.0745 e. The van der Waals surface area contributed by atoms with Crippen LogP contribution in [-0.4, -0.2) is 22.6 Å². The third-order valence-corrected chi connectivity index (χ3v) is 3.92. The van der Waals surface area contributed by atoms with Gasteiger partial charge in [-0.1, -0.05) is 30.4 Å². The van der Waals surface area contributed by atoms with Crippen LogP contribution in [0.25, 0.3) is 10.9 Å². The van der Waals surface area contributed by atoms with Crippen LogP contribution < -0.4 is 10.6 Å². The molecule has 0 radical (unpaired) electrons. The van der Waals surface area contributed by atoms with Crippen LogP contribution in [-0.2, 0) is 0 Å². The number of benzene rings is 1. The Morgan fingerprint density at radius 2 is 2.15 bits per heavy atom. The lowest BCUT2D eigenvalue weighted by Gasteiger charge is -2.26. The number of nitrogens with zero attached hydrogens (tertiary/aromatic N) is 2. The van der Waals surface area contributed by atoms with Crippen molar-refractivity contribution in [2.75, 3.05) is 11.4 Å². The maximum atomic E-state index is 5.67. The number of aryl methyl sites for hydroxylation is 1. The molecule has 0 unspecified atom stereocenters. The molecule has 1 heterocycles. The largest absolute Gasteiger partial charge is 0.393 e. The van der Waals surface area contributed by atoms with Gasteiger partial charge in [0.15, 0.2) is 0 Å². The van der Waals surface area contributed by atoms with Crippen LogP contribution in [0, 0.1) is 6.92 Å². The number of hydrogen-bond donors (Lipinski definition) is 1. The Bertz CT molecular complexity index is 649. The number of rotatable bonds is 5. The Morgan fingerprint density at radius 1 is 1.40 bits per heavy atom. The summed E-state index contributed by atoms with van der Waals surface area (Å²) in [5, 5.41) is 1.22. The maximum absolute atomic E-state index is 5.67. The van der Waals surface area contributed by atoms with Gasteiger partial charge in [0, 0.05) is 35.8 Å². The Balaban J connectivity index is 2.03. The number of pyridine rings is 1. The summed E-state index contributed by atoms with van der Waals surface area (Å²) in [5.74, 6) is 0. The number of aromatic nitrogens is 1. The minimum Gasteiger partial charge on any atom is -0.393 e. The van der Waals surface area contributed by atoms with Gasteiger partial charge in [-0.2, -0.15) is 0 Å². The Morgan fingerprint density at radius 3 is 2.85 bits per heavy atom. The molecule has 104 valence electrons. The Hall–Kier alpha value is -1.68. The number of fused-ring (bicyclic) bond motifs is 1. The summed E-state index contributed by atoms with van der Waals surface area (Å²) in [6.45, 7) is 2.95. The average molecular weight is 285 g/mol. The fourth-order valence-electron chi connectivity index (χ4n) is 2.64. The van der Waals surface area contributed by atoms with Crippen LogP contribution in [0.15, 0.2) is 30.3 Å². The fraction of sp³-hybridized carbons (Fsp3) is 0.375. The molecule has 0 atom stereocenters. The molecule has 0 bridgehead atoms. The standard InChI is InChI=1S/C16H19N3S/c1-11-10-15(13-4-2-3-5-14(13)18-11)19(12-6-7-12)9-8-16(17)20/h2-5,10,12H,6-9H2,1H3,(H2,17,20). The van der Waals surface area contributed by atoms with E-state index in [0.717, 1.165) is 24.2 Å². The van der Waals surface area contributed by atoms with Crippen LogP contribution in [0.2, 0.25) is 0 Å². The molecule has 1 aliphatic carbocycles. The SMILES string of the molecule is Cc1cc(N(CCC(N)=S)C2CC2)c2ccccc2n1. The summed E-state index contributed by atoms with van der Waals surface area (Å²) in [6.07, 6.45) is 3.28. The molecular weight excluding hydrogens is 266 g/mol. The fourth-order valence-corrected chi connectivity index (χ4v) is 2.73. The molecule has 0 amide bonds. The van der Waals surface area contributed by atoms with Crippen LogP contribution in [0.5, 0.6) is 0 Å². The molecule has 1 aromatic carbocycles. The summed E-state index contributed by atoms with van der Waals surface area (Å²) in [7, 11) is 0. The third-order valence-electron chi connectivity index (χ3n) is 3.72. The molecule has 1 aliphatic rings. The van der Waals surface area contributed by atoms with Gasteiger partial charge in [-0.3, -0.25) is 4.98 Å². The molecule has 0 saturated heterocycles. The van der Waals surface area contributed by atoms with Gasteiger partial charge in [0.05, 0.1) is 10.5 Å². The van der Waals surface area contributed by atoms with Crippen molar-refractivity contribution < 1.29 is 0 Å². The van der Waals surface area contributed by atoms with Gasteiger partial charge in [0.1, 0.15) is 0 Å². The van der Waals surface area contributed by atoms with E-state index in [1.807, 2.05) is 6.07 Å². The number of nitrogens with two attached hydrogens (primary N) is 1. The van der Waals surface area contributed by atoms with Crippen molar-refractivity contribution in [3.05, 3.63) is 36.0 Å². The molecule has 2 aromatic rings. The van der Waals surface area contributed by atoms with E-state index in [0.29, 0.717) is 11.0 Å². The van der Waals surface area contributed by atoms with Crippen molar-refractivity contribution in [1.82, 2.24) is 4.98 Å². The number of hydrogen-bond acceptors (Lipinski definition) is 3. The Kier molecular flexibility index (Phi) is 3.57. The normalized spacial score (nSPS) is 14.4. The van der Waals surface area contributed by atoms with E-state index < -0.39 is 0 Å². The molecular formula is C16H19N3S. The van der Waals surface area contributed by atoms with Gasteiger partial charge in [0.25, 0.3) is 0 Å². The lowest BCUT2D eigenvalue weighted by atomic mass is 10.1. The zero-order chi connectivity index (χ0) is 14.1. The van der Waals surface area contributed by atoms with Gasteiger partial charge in [-0.15, -0.1) is 0 Å². The number of anilines is 1. The first kappa shape index (κ1) is 13.3. The van der Waals surface area contributed by atoms with E-state index >= 15 is 0 Å². The van der Waals surface area contributed by atoms with Gasteiger partial charge < -0.3 is 10.6 Å². The molecule has 3 nitrogen and oxygen atoms in total. The quantitative estimate of drug-likeness (QED) is 0.857. The lowest BCUT2D eigenvalue weighted by Crippen LogP contribution is -2.29. The molecule has 1 saturated carbocycles. The summed E-state index contributed by atoms with van der Waals surface area (Å²) in [4.78, 5) is 7.66. The first-order chi connectivity index (χ1) is 9.65. The predicted octanol–water partition coefficient (Wildman–Crippen LogP) is 3.19. The molecule has 0 aliphatic heterocycles. The van der Waals surface area contributed by atoms with Gasteiger partial charge in [0.2, 0.25) is 0 Å². The molecule has 3 rings (SSSR count). The van der Waals surface area contributed by atoms with Crippen LogP contribution >= 0.6 is 12.2 Å². The summed E-state index contributed by atoms with van der Waals surface area (Å²) in [6, 6.07) is 11.1. The van der Waals surface area contributed by atoms with Gasteiger partial charge in [-0.05, 0) is 31.9 Å². The second-order valence-electron chi connectivity index (χ2n) is 5.44. The first-order valence-electron chi connectivity index (χ1n) is 7.06. The second kappa shape index (κ2) is 5.37. The summed E-state index contributed by atoms with van der Waals surface area (Å²) in [5.41, 5.74) is 9.06. The van der Waals surface area contributed by atoms with Crippen molar-refractivity contribution in [3.63, 3.8) is 0 Å². The maximum Gasteiger partial charge on any atom is 0.0745 e. The van der Waals surface area contributed by atoms with Gasteiger partial charge >= 0.3 is 0 Å². The van der Waals surface area contributed by atoms with E-state index in [-0.39, 0.29) is 0 Å². The second-order valence-corrected chi connectivity index (χ2v) is 5.97. The molecule has 1 fully saturated rings. The zero-order valence-electron chi connectivity index (χ0n) is 11.7. The minimum absolute atomic E-state index is 0.589. The molecule has 4 heteroatoms. The molecule has 2 N–H and O–H groups in total. The molecule has 0 spiro atoms. The van der Waals surface area contributed by atoms with Gasteiger partial charge in [-0.25, -0.2) is 0 Å². The monoisotopic (exact) mass is 285 g/mol. The predicted molar refractivity (Wildman–Crippen MR) is 88.3 cm³/mol. The molecule has 1 aromatic heterocycles. The Labute approximate surface area is 124 Å². The van der Waals surface area contributed by atoms with Crippen molar-refractivity contribution in [3.8, 4) is 0 Å². The van der Waals surface area contributed by atoms with E-state index in [4.69, 9.17) is 18.0 Å². The van der Waals surface area contributed by atoms with Crippen molar-refractivity contribution in [2.45, 2.75) is 32.2 Å². The van der Waals surface area contributed by atoms with Crippen LogP contribution in [0.4, 0.5) is 5.69 Å². The van der Waals surface area contributed by atoms with E-state index in [9.17, 15) is 0 Å². The number of para-hydroxylation sites is 1. The summed E-state index contributed by atoms with van der Waals surface area (Å²) < 4.78 is 0. The highest BCUT2D eigenvalue weighted by Gasteiger charge is 2.30.